The summed E-state index contributed by atoms with van der Waals surface area (Å²) in [5.74, 6) is 4.98. The van der Waals surface area contributed by atoms with E-state index in [1.54, 1.807) is 0 Å². The zero-order valence-electron chi connectivity index (χ0n) is 8.77. The van der Waals surface area contributed by atoms with Crippen LogP contribution in [0.2, 0.25) is 0 Å². The van der Waals surface area contributed by atoms with Gasteiger partial charge in [-0.1, -0.05) is 6.92 Å². The van der Waals surface area contributed by atoms with Crippen molar-refractivity contribution in [1.29, 1.82) is 0 Å². The number of carbonyl (C=O) groups is 1. The Labute approximate surface area is 90.5 Å². The number of nitrogens with zero attached hydrogens (tertiary/aromatic N) is 1. The standard InChI is InChI=1S/C8H17N4O2P/c1-2-4-11-6-3-5-12(10)7(13)8(6,9)15-14/h6,11H,2-5,9-10H2,1H3/t6?,8-/m0/s1. The number of rotatable bonds is 4. The Morgan fingerprint density at radius 1 is 1.73 bits per heavy atom. The van der Waals surface area contributed by atoms with Gasteiger partial charge in [0, 0.05) is 12.6 Å². The van der Waals surface area contributed by atoms with Crippen LogP contribution in [0.25, 0.3) is 0 Å². The molecule has 15 heavy (non-hydrogen) atoms. The van der Waals surface area contributed by atoms with E-state index in [-0.39, 0.29) is 14.5 Å². The molecule has 0 aromatic rings. The minimum absolute atomic E-state index is 0.274. The zero-order valence-corrected chi connectivity index (χ0v) is 9.67. The van der Waals surface area contributed by atoms with Crippen molar-refractivity contribution < 1.29 is 9.36 Å². The zero-order chi connectivity index (χ0) is 11.5. The van der Waals surface area contributed by atoms with Crippen molar-refractivity contribution in [3.63, 3.8) is 0 Å². The Morgan fingerprint density at radius 2 is 2.40 bits per heavy atom. The fraction of sp³-hybridized carbons (Fsp3) is 0.875. The smallest absolute Gasteiger partial charge is 0.270 e. The monoisotopic (exact) mass is 232 g/mol. The molecule has 0 radical (unpaired) electrons. The molecule has 1 saturated heterocycles. The second kappa shape index (κ2) is 4.99. The van der Waals surface area contributed by atoms with Crippen molar-refractivity contribution in [3.8, 4) is 0 Å². The average Bonchev–Trinajstić information content (AvgIpc) is 2.25. The molecule has 1 rings (SSSR count). The molecule has 1 aliphatic rings. The third-order valence-corrected chi connectivity index (χ3v) is 3.39. The summed E-state index contributed by atoms with van der Waals surface area (Å²) in [6.45, 7) is 3.20. The number of hydrogen-bond donors (Lipinski definition) is 3. The number of hydrazine groups is 1. The van der Waals surface area contributed by atoms with Crippen LogP contribution in [0.15, 0.2) is 0 Å². The van der Waals surface area contributed by atoms with Crippen LogP contribution in [0.1, 0.15) is 19.8 Å². The molecular weight excluding hydrogens is 215 g/mol. The van der Waals surface area contributed by atoms with Crippen molar-refractivity contribution in [2.24, 2.45) is 11.6 Å². The summed E-state index contributed by atoms with van der Waals surface area (Å²) in [5, 5.41) is 2.75. The van der Waals surface area contributed by atoms with E-state index in [2.05, 4.69) is 5.32 Å². The van der Waals surface area contributed by atoms with E-state index in [1.165, 1.54) is 0 Å². The third kappa shape index (κ3) is 2.34. The number of hydrogen-bond acceptors (Lipinski definition) is 5. The van der Waals surface area contributed by atoms with Crippen LogP contribution in [-0.2, 0) is 9.36 Å². The molecule has 0 spiro atoms. The molecule has 1 aliphatic heterocycles. The molecule has 0 aliphatic carbocycles. The molecule has 0 saturated carbocycles. The Kier molecular flexibility index (Phi) is 4.16. The Hall–Kier alpha value is -0.550. The van der Waals surface area contributed by atoms with E-state index >= 15 is 0 Å². The number of nitrogens with two attached hydrogens (primary N) is 2. The highest BCUT2D eigenvalue weighted by Gasteiger charge is 2.48. The molecular formula is C8H17N4O2P. The van der Waals surface area contributed by atoms with E-state index in [4.69, 9.17) is 11.6 Å². The molecule has 1 unspecified atom stereocenters. The molecule has 1 heterocycles. The van der Waals surface area contributed by atoms with Gasteiger partial charge in [0.15, 0.2) is 13.7 Å². The fourth-order valence-corrected chi connectivity index (χ4v) is 2.20. The summed E-state index contributed by atoms with van der Waals surface area (Å²) in [6, 6.07) is -0.274. The van der Waals surface area contributed by atoms with Crippen LogP contribution in [0.5, 0.6) is 0 Å². The van der Waals surface area contributed by atoms with Gasteiger partial charge in [0.25, 0.3) is 5.91 Å². The van der Waals surface area contributed by atoms with Crippen LogP contribution in [0.4, 0.5) is 0 Å². The molecule has 5 N–H and O–H groups in total. The first-order valence-corrected chi connectivity index (χ1v) is 5.81. The minimum Gasteiger partial charge on any atom is -0.311 e. The lowest BCUT2D eigenvalue weighted by molar-refractivity contribution is -0.137. The van der Waals surface area contributed by atoms with Crippen LogP contribution >= 0.6 is 8.46 Å². The van der Waals surface area contributed by atoms with Crippen LogP contribution < -0.4 is 16.9 Å². The van der Waals surface area contributed by atoms with Gasteiger partial charge in [-0.25, -0.2) is 5.84 Å². The lowest BCUT2D eigenvalue weighted by atomic mass is 9.99. The second-order valence-electron chi connectivity index (χ2n) is 3.71. The second-order valence-corrected chi connectivity index (χ2v) is 4.63. The molecule has 0 aromatic heterocycles. The van der Waals surface area contributed by atoms with Crippen molar-refractivity contribution in [2.75, 3.05) is 13.1 Å². The Bertz CT molecular complexity index is 261. The molecule has 1 amide bonds. The number of nitrogens with one attached hydrogen (secondary N) is 1. The van der Waals surface area contributed by atoms with Gasteiger partial charge in [0.2, 0.25) is 0 Å². The number of carbonyl (C=O) groups excluding carboxylic acids is 1. The van der Waals surface area contributed by atoms with E-state index in [0.717, 1.165) is 18.0 Å². The molecule has 7 heteroatoms. The maximum atomic E-state index is 11.7. The number of piperidine rings is 1. The SMILES string of the molecule is CCCNC1CCN(N)C(=O)[C@@]1(N)P=O. The van der Waals surface area contributed by atoms with Crippen molar-refractivity contribution >= 4 is 14.4 Å². The molecule has 2 atom stereocenters. The Balaban J connectivity index is 2.78. The summed E-state index contributed by atoms with van der Waals surface area (Å²) < 4.78 is 11.0. The quantitative estimate of drug-likeness (QED) is 0.341. The van der Waals surface area contributed by atoms with Crippen LogP contribution in [0, 0.1) is 0 Å². The molecule has 1 fully saturated rings. The van der Waals surface area contributed by atoms with Crippen molar-refractivity contribution in [1.82, 2.24) is 10.3 Å². The minimum atomic E-state index is -1.41. The van der Waals surface area contributed by atoms with Gasteiger partial charge >= 0.3 is 0 Å². The van der Waals surface area contributed by atoms with Gasteiger partial charge in [-0.15, -0.1) is 0 Å². The maximum absolute atomic E-state index is 11.7. The predicted molar refractivity (Wildman–Crippen MR) is 57.1 cm³/mol. The van der Waals surface area contributed by atoms with Gasteiger partial charge in [-0.05, 0) is 19.4 Å². The van der Waals surface area contributed by atoms with Gasteiger partial charge in [-0.2, -0.15) is 0 Å². The molecule has 6 nitrogen and oxygen atoms in total. The first-order valence-electron chi connectivity index (χ1n) is 4.99. The third-order valence-electron chi connectivity index (χ3n) is 2.59. The van der Waals surface area contributed by atoms with E-state index in [9.17, 15) is 9.36 Å². The largest absolute Gasteiger partial charge is 0.311 e. The first kappa shape index (κ1) is 12.5. The summed E-state index contributed by atoms with van der Waals surface area (Å²) in [5.41, 5.74) is 5.82. The van der Waals surface area contributed by atoms with Crippen LogP contribution in [0.3, 0.4) is 0 Å². The summed E-state index contributed by atoms with van der Waals surface area (Å²) >= 11 is 0. The first-order chi connectivity index (χ1) is 7.06. The summed E-state index contributed by atoms with van der Waals surface area (Å²) in [7, 11) is -0.388. The molecule has 0 bridgehead atoms. The number of amides is 1. The predicted octanol–water partition coefficient (Wildman–Crippen LogP) is -0.593. The van der Waals surface area contributed by atoms with Gasteiger partial charge in [-0.3, -0.25) is 14.4 Å². The van der Waals surface area contributed by atoms with Crippen molar-refractivity contribution in [2.45, 2.75) is 31.1 Å². The van der Waals surface area contributed by atoms with Gasteiger partial charge < -0.3 is 11.1 Å². The normalized spacial score (nSPS) is 32.3. The van der Waals surface area contributed by atoms with Crippen molar-refractivity contribution in [3.05, 3.63) is 0 Å². The Morgan fingerprint density at radius 3 is 2.93 bits per heavy atom. The highest BCUT2D eigenvalue weighted by molar-refractivity contribution is 7.27. The summed E-state index contributed by atoms with van der Waals surface area (Å²) in [6.07, 6.45) is 1.55. The molecule has 0 aromatic carbocycles. The topological polar surface area (TPSA) is 101 Å². The fourth-order valence-electron chi connectivity index (χ4n) is 1.65. The highest BCUT2D eigenvalue weighted by Crippen LogP contribution is 2.28. The van der Waals surface area contributed by atoms with E-state index in [0.29, 0.717) is 13.0 Å². The van der Waals surface area contributed by atoms with Crippen LogP contribution in [-0.4, -0.2) is 35.3 Å². The lowest BCUT2D eigenvalue weighted by Gasteiger charge is -2.39. The maximum Gasteiger partial charge on any atom is 0.270 e. The average molecular weight is 232 g/mol. The van der Waals surface area contributed by atoms with E-state index in [1.807, 2.05) is 6.92 Å². The van der Waals surface area contributed by atoms with Gasteiger partial charge in [0.1, 0.15) is 0 Å². The highest BCUT2D eigenvalue weighted by atomic mass is 31.1. The van der Waals surface area contributed by atoms with Gasteiger partial charge in [0.05, 0.1) is 0 Å². The summed E-state index contributed by atoms with van der Waals surface area (Å²) in [4.78, 5) is 11.7. The molecule has 86 valence electrons. The lowest BCUT2D eigenvalue weighted by Crippen LogP contribution is -2.68. The van der Waals surface area contributed by atoms with E-state index < -0.39 is 11.2 Å².